The predicted octanol–water partition coefficient (Wildman–Crippen LogP) is 4.47. The molecule has 0 saturated heterocycles. The molecule has 0 aromatic heterocycles. The first-order valence-corrected chi connectivity index (χ1v) is 10.2. The van der Waals surface area contributed by atoms with Gasteiger partial charge in [-0.05, 0) is 38.6 Å². The Morgan fingerprint density at radius 1 is 1.22 bits per heavy atom. The fourth-order valence-electron chi connectivity index (χ4n) is 2.77. The lowest BCUT2D eigenvalue weighted by Gasteiger charge is -2.14. The van der Waals surface area contributed by atoms with Gasteiger partial charge in [0.2, 0.25) is 0 Å². The predicted molar refractivity (Wildman–Crippen MR) is 100 cm³/mol. The van der Waals surface area contributed by atoms with Gasteiger partial charge < -0.3 is 15.8 Å². The topological polar surface area (TPSA) is 64.3 Å². The van der Waals surface area contributed by atoms with Crippen molar-refractivity contribution in [2.45, 2.75) is 88.4 Å². The molecule has 5 heteroatoms. The molecule has 0 aromatic rings. The second-order valence-corrected chi connectivity index (χ2v) is 8.03. The van der Waals surface area contributed by atoms with Crippen LogP contribution in [0.2, 0.25) is 0 Å². The molecule has 2 aliphatic carbocycles. The van der Waals surface area contributed by atoms with Gasteiger partial charge in [-0.3, -0.25) is 4.79 Å². The summed E-state index contributed by atoms with van der Waals surface area (Å²) in [4.78, 5) is 11.6. The summed E-state index contributed by atoms with van der Waals surface area (Å²) < 4.78 is 5.35. The van der Waals surface area contributed by atoms with Crippen molar-refractivity contribution in [3.05, 3.63) is 0 Å². The Balaban J connectivity index is 0.000000284. The van der Waals surface area contributed by atoms with E-state index in [-0.39, 0.29) is 10.8 Å². The summed E-state index contributed by atoms with van der Waals surface area (Å²) in [5.41, 5.74) is 5.29. The molecule has 1 amide bonds. The van der Waals surface area contributed by atoms with Gasteiger partial charge in [-0.1, -0.05) is 57.2 Å². The zero-order valence-electron chi connectivity index (χ0n) is 15.1. The van der Waals surface area contributed by atoms with E-state index in [1.807, 2.05) is 0 Å². The number of thioether (sulfide) groups is 1. The minimum absolute atomic E-state index is 0.0219. The number of amides is 1. The molecule has 4 nitrogen and oxygen atoms in total. The Kier molecular flexibility index (Phi) is 11.0. The summed E-state index contributed by atoms with van der Waals surface area (Å²) in [6.45, 7) is 3.77. The monoisotopic (exact) mass is 344 g/mol. The van der Waals surface area contributed by atoms with Crippen LogP contribution in [-0.2, 0) is 4.74 Å². The number of carbonyl (C=O) groups excluding carboxylic acids is 1. The Hall–Kier alpha value is -0.260. The molecule has 0 radical (unpaired) electrons. The first kappa shape index (κ1) is 20.8. The van der Waals surface area contributed by atoms with Crippen molar-refractivity contribution in [2.24, 2.45) is 5.73 Å². The van der Waals surface area contributed by atoms with Crippen LogP contribution in [0, 0.1) is 0 Å². The Labute approximate surface area is 146 Å². The van der Waals surface area contributed by atoms with Crippen molar-refractivity contribution in [3.63, 3.8) is 0 Å². The van der Waals surface area contributed by atoms with Crippen LogP contribution < -0.4 is 11.1 Å². The molecule has 2 rings (SSSR count). The maximum atomic E-state index is 11.6. The number of methoxy groups -OCH3 is 1. The van der Waals surface area contributed by atoms with Gasteiger partial charge in [0.15, 0.2) is 0 Å². The van der Waals surface area contributed by atoms with E-state index in [1.54, 1.807) is 7.11 Å². The lowest BCUT2D eigenvalue weighted by molar-refractivity contribution is 0.0825. The molecule has 2 aliphatic rings. The number of ether oxygens (including phenoxy) is 1. The third-order valence-electron chi connectivity index (χ3n) is 4.68. The van der Waals surface area contributed by atoms with E-state index in [1.165, 1.54) is 69.5 Å². The maximum absolute atomic E-state index is 11.6. The molecule has 0 unspecified atom stereocenters. The minimum atomic E-state index is -0.0219. The third-order valence-corrected chi connectivity index (χ3v) is 5.84. The molecule has 0 aliphatic heterocycles. The van der Waals surface area contributed by atoms with Gasteiger partial charge in [-0.25, -0.2) is 0 Å². The number of unbranched alkanes of at least 4 members (excludes halogenated alkanes) is 4. The van der Waals surface area contributed by atoms with Crippen molar-refractivity contribution in [3.8, 4) is 0 Å². The first-order valence-electron chi connectivity index (χ1n) is 9.35. The lowest BCUT2D eigenvalue weighted by atomic mass is 10.2. The van der Waals surface area contributed by atoms with Crippen LogP contribution in [-0.4, -0.2) is 36.3 Å². The number of hydrogen-bond donors (Lipinski definition) is 2. The van der Waals surface area contributed by atoms with E-state index in [2.05, 4.69) is 12.2 Å². The van der Waals surface area contributed by atoms with Gasteiger partial charge in [0.1, 0.15) is 0 Å². The smallest absolute Gasteiger partial charge is 0.279 e. The average molecular weight is 345 g/mol. The highest BCUT2D eigenvalue weighted by atomic mass is 32.2. The second-order valence-electron chi connectivity index (χ2n) is 6.76. The van der Waals surface area contributed by atoms with Crippen LogP contribution in [0.1, 0.15) is 77.6 Å². The van der Waals surface area contributed by atoms with Gasteiger partial charge in [-0.15, -0.1) is 0 Å². The summed E-state index contributed by atoms with van der Waals surface area (Å²) in [6, 6.07) is 0. The maximum Gasteiger partial charge on any atom is 0.279 e. The van der Waals surface area contributed by atoms with Gasteiger partial charge in [0, 0.05) is 18.9 Å². The molecular formula is C18H36N2O2S. The number of rotatable bonds is 9. The first-order chi connectivity index (χ1) is 11.2. The lowest BCUT2D eigenvalue weighted by Crippen LogP contribution is -2.32. The summed E-state index contributed by atoms with van der Waals surface area (Å²) in [5.74, 6) is 0. The molecule has 0 spiro atoms. The Bertz CT molecular complexity index is 310. The molecule has 0 aromatic carbocycles. The largest absolute Gasteiger partial charge is 0.376 e. The van der Waals surface area contributed by atoms with Crippen molar-refractivity contribution in [1.29, 1.82) is 0 Å². The van der Waals surface area contributed by atoms with Crippen LogP contribution >= 0.6 is 11.8 Å². The molecule has 0 atom stereocenters. The SMILES string of the molecule is CCCCCCCN.COC1(CNC(=O)SC2CCCC2)CC1. The standard InChI is InChI=1S/C11H19NO2S.C7H17N/c1-14-11(6-7-11)8-12-10(13)15-9-4-2-3-5-9;1-2-3-4-5-6-7-8/h9H,2-8H2,1H3,(H,12,13);2-8H2,1H3. The molecule has 0 bridgehead atoms. The Morgan fingerprint density at radius 2 is 1.87 bits per heavy atom. The van der Waals surface area contributed by atoms with Crippen LogP contribution in [0.4, 0.5) is 4.79 Å². The highest BCUT2D eigenvalue weighted by Crippen LogP contribution is 2.38. The summed E-state index contributed by atoms with van der Waals surface area (Å²) >= 11 is 1.48. The molecule has 0 heterocycles. The number of nitrogens with one attached hydrogen (secondary N) is 1. The van der Waals surface area contributed by atoms with E-state index in [4.69, 9.17) is 10.5 Å². The van der Waals surface area contributed by atoms with Crippen LogP contribution in [0.5, 0.6) is 0 Å². The summed E-state index contributed by atoms with van der Waals surface area (Å²) in [5, 5.41) is 3.65. The summed E-state index contributed by atoms with van der Waals surface area (Å²) in [6.07, 6.45) is 13.7. The number of nitrogens with two attached hydrogens (primary N) is 1. The van der Waals surface area contributed by atoms with Crippen molar-refractivity contribution in [2.75, 3.05) is 20.2 Å². The molecule has 136 valence electrons. The highest BCUT2D eigenvalue weighted by molar-refractivity contribution is 8.14. The third kappa shape index (κ3) is 9.58. The van der Waals surface area contributed by atoms with Crippen molar-refractivity contribution < 1.29 is 9.53 Å². The number of hydrogen-bond acceptors (Lipinski definition) is 4. The molecule has 3 N–H and O–H groups in total. The van der Waals surface area contributed by atoms with E-state index in [0.717, 1.165) is 19.4 Å². The van der Waals surface area contributed by atoms with E-state index in [0.29, 0.717) is 11.8 Å². The Morgan fingerprint density at radius 3 is 2.39 bits per heavy atom. The fourth-order valence-corrected chi connectivity index (χ4v) is 3.80. The molecule has 23 heavy (non-hydrogen) atoms. The second kappa shape index (κ2) is 12.2. The average Bonchev–Trinajstić information content (AvgIpc) is 3.18. The molecular weight excluding hydrogens is 308 g/mol. The normalized spacial score (nSPS) is 19.1. The van der Waals surface area contributed by atoms with Gasteiger partial charge in [0.05, 0.1) is 5.60 Å². The highest BCUT2D eigenvalue weighted by Gasteiger charge is 2.43. The fraction of sp³-hybridized carbons (Fsp3) is 0.944. The quantitative estimate of drug-likeness (QED) is 0.606. The van der Waals surface area contributed by atoms with Gasteiger partial charge in [0.25, 0.3) is 5.24 Å². The zero-order valence-corrected chi connectivity index (χ0v) is 15.9. The van der Waals surface area contributed by atoms with Gasteiger partial charge >= 0.3 is 0 Å². The van der Waals surface area contributed by atoms with Crippen LogP contribution in [0.3, 0.4) is 0 Å². The van der Waals surface area contributed by atoms with E-state index >= 15 is 0 Å². The molecule has 2 saturated carbocycles. The summed E-state index contributed by atoms with van der Waals surface area (Å²) in [7, 11) is 1.73. The number of carbonyl (C=O) groups is 1. The van der Waals surface area contributed by atoms with Gasteiger partial charge in [-0.2, -0.15) is 0 Å². The van der Waals surface area contributed by atoms with E-state index in [9.17, 15) is 4.79 Å². The van der Waals surface area contributed by atoms with Crippen molar-refractivity contribution >= 4 is 17.0 Å². The van der Waals surface area contributed by atoms with Crippen molar-refractivity contribution in [1.82, 2.24) is 5.32 Å². The van der Waals surface area contributed by atoms with Crippen LogP contribution in [0.15, 0.2) is 0 Å². The minimum Gasteiger partial charge on any atom is -0.376 e. The molecule has 2 fully saturated rings. The van der Waals surface area contributed by atoms with E-state index < -0.39 is 0 Å². The van der Waals surface area contributed by atoms with Crippen LogP contribution in [0.25, 0.3) is 0 Å². The zero-order chi connectivity index (χ0) is 17.0.